The molecule has 0 aliphatic carbocycles. The van der Waals surface area contributed by atoms with Crippen LogP contribution in [-0.2, 0) is 4.79 Å². The highest BCUT2D eigenvalue weighted by molar-refractivity contribution is 7.98. The molecular weight excluding hydrogens is 220 g/mol. The average molecular weight is 236 g/mol. The SMILES string of the molecule is CNC1CCN(c2cccc(SC)c2)C1=O. The van der Waals surface area contributed by atoms with E-state index in [9.17, 15) is 4.79 Å². The van der Waals surface area contributed by atoms with Gasteiger partial charge in [0, 0.05) is 17.1 Å². The number of nitrogens with zero attached hydrogens (tertiary/aromatic N) is 1. The standard InChI is InChI=1S/C12H16N2OS/c1-13-11-6-7-14(12(11)15)9-4-3-5-10(8-9)16-2/h3-5,8,11,13H,6-7H2,1-2H3. The van der Waals surface area contributed by atoms with Crippen LogP contribution in [0.2, 0.25) is 0 Å². The third-order valence-corrected chi connectivity index (χ3v) is 3.64. The molecule has 1 amide bonds. The van der Waals surface area contributed by atoms with Crippen molar-refractivity contribution in [3.63, 3.8) is 0 Å². The van der Waals surface area contributed by atoms with Gasteiger partial charge in [-0.05, 0) is 37.9 Å². The predicted molar refractivity (Wildman–Crippen MR) is 68.0 cm³/mol. The lowest BCUT2D eigenvalue weighted by Crippen LogP contribution is -2.36. The van der Waals surface area contributed by atoms with Crippen LogP contribution >= 0.6 is 11.8 Å². The number of anilines is 1. The van der Waals surface area contributed by atoms with E-state index in [4.69, 9.17) is 0 Å². The molecule has 86 valence electrons. The molecule has 1 fully saturated rings. The number of likely N-dealkylation sites (N-methyl/N-ethyl adjacent to an activating group) is 1. The van der Waals surface area contributed by atoms with Crippen molar-refractivity contribution in [1.82, 2.24) is 5.32 Å². The van der Waals surface area contributed by atoms with Gasteiger partial charge in [-0.15, -0.1) is 11.8 Å². The maximum absolute atomic E-state index is 12.0. The van der Waals surface area contributed by atoms with Gasteiger partial charge in [0.05, 0.1) is 6.04 Å². The van der Waals surface area contributed by atoms with Gasteiger partial charge in [-0.25, -0.2) is 0 Å². The molecule has 3 nitrogen and oxygen atoms in total. The van der Waals surface area contributed by atoms with Crippen LogP contribution in [0.1, 0.15) is 6.42 Å². The number of benzene rings is 1. The van der Waals surface area contributed by atoms with E-state index in [0.717, 1.165) is 18.7 Å². The van der Waals surface area contributed by atoms with Gasteiger partial charge in [0.25, 0.3) is 0 Å². The van der Waals surface area contributed by atoms with E-state index >= 15 is 0 Å². The molecule has 2 rings (SSSR count). The van der Waals surface area contributed by atoms with Gasteiger partial charge < -0.3 is 10.2 Å². The highest BCUT2D eigenvalue weighted by atomic mass is 32.2. The molecule has 1 aromatic rings. The number of carbonyl (C=O) groups is 1. The Morgan fingerprint density at radius 2 is 2.31 bits per heavy atom. The van der Waals surface area contributed by atoms with Gasteiger partial charge in [-0.1, -0.05) is 6.07 Å². The van der Waals surface area contributed by atoms with E-state index < -0.39 is 0 Å². The molecule has 1 aliphatic rings. The largest absolute Gasteiger partial charge is 0.311 e. The third-order valence-electron chi connectivity index (χ3n) is 2.92. The van der Waals surface area contributed by atoms with Crippen molar-refractivity contribution in [2.24, 2.45) is 0 Å². The van der Waals surface area contributed by atoms with E-state index in [-0.39, 0.29) is 11.9 Å². The Morgan fingerprint density at radius 1 is 1.50 bits per heavy atom. The molecule has 1 N–H and O–H groups in total. The normalized spacial score (nSPS) is 20.5. The van der Waals surface area contributed by atoms with Crippen LogP contribution in [0.4, 0.5) is 5.69 Å². The zero-order valence-electron chi connectivity index (χ0n) is 9.56. The number of hydrogen-bond donors (Lipinski definition) is 1. The van der Waals surface area contributed by atoms with Crippen LogP contribution in [0.15, 0.2) is 29.2 Å². The Bertz CT molecular complexity index is 394. The molecule has 1 aliphatic heterocycles. The molecule has 1 saturated heterocycles. The highest BCUT2D eigenvalue weighted by Gasteiger charge is 2.31. The lowest BCUT2D eigenvalue weighted by Gasteiger charge is -2.17. The summed E-state index contributed by atoms with van der Waals surface area (Å²) in [5.41, 5.74) is 1.01. The number of hydrogen-bond acceptors (Lipinski definition) is 3. The van der Waals surface area contributed by atoms with E-state index in [1.807, 2.05) is 30.3 Å². The minimum atomic E-state index is -0.0158. The second-order valence-electron chi connectivity index (χ2n) is 3.82. The van der Waals surface area contributed by atoms with Crippen molar-refractivity contribution < 1.29 is 4.79 Å². The number of thioether (sulfide) groups is 1. The van der Waals surface area contributed by atoms with E-state index in [0.29, 0.717) is 0 Å². The van der Waals surface area contributed by atoms with Crippen molar-refractivity contribution in [2.45, 2.75) is 17.4 Å². The van der Waals surface area contributed by atoms with E-state index in [2.05, 4.69) is 17.4 Å². The molecule has 0 bridgehead atoms. The maximum Gasteiger partial charge on any atom is 0.244 e. The Morgan fingerprint density at radius 3 is 2.94 bits per heavy atom. The molecule has 1 heterocycles. The smallest absolute Gasteiger partial charge is 0.244 e. The predicted octanol–water partition coefficient (Wildman–Crippen LogP) is 1.73. The van der Waals surface area contributed by atoms with Crippen molar-refractivity contribution in [3.05, 3.63) is 24.3 Å². The van der Waals surface area contributed by atoms with Crippen molar-refractivity contribution in [3.8, 4) is 0 Å². The molecule has 1 atom stereocenters. The summed E-state index contributed by atoms with van der Waals surface area (Å²) < 4.78 is 0. The van der Waals surface area contributed by atoms with Gasteiger partial charge in [-0.3, -0.25) is 4.79 Å². The zero-order valence-corrected chi connectivity index (χ0v) is 10.4. The summed E-state index contributed by atoms with van der Waals surface area (Å²) in [4.78, 5) is 15.0. The van der Waals surface area contributed by atoms with Crippen LogP contribution in [0.25, 0.3) is 0 Å². The maximum atomic E-state index is 12.0. The molecule has 0 aromatic heterocycles. The summed E-state index contributed by atoms with van der Waals surface area (Å²) >= 11 is 1.70. The van der Waals surface area contributed by atoms with E-state index in [1.165, 1.54) is 4.90 Å². The summed E-state index contributed by atoms with van der Waals surface area (Å²) in [6.45, 7) is 0.808. The van der Waals surface area contributed by atoms with Crippen molar-refractivity contribution in [2.75, 3.05) is 24.7 Å². The Kier molecular flexibility index (Phi) is 3.51. The number of carbonyl (C=O) groups excluding carboxylic acids is 1. The second-order valence-corrected chi connectivity index (χ2v) is 4.70. The van der Waals surface area contributed by atoms with Gasteiger partial charge in [-0.2, -0.15) is 0 Å². The fraction of sp³-hybridized carbons (Fsp3) is 0.417. The van der Waals surface area contributed by atoms with Crippen LogP contribution in [0.3, 0.4) is 0 Å². The number of amides is 1. The fourth-order valence-corrected chi connectivity index (χ4v) is 2.44. The quantitative estimate of drug-likeness (QED) is 0.811. The molecule has 0 saturated carbocycles. The highest BCUT2D eigenvalue weighted by Crippen LogP contribution is 2.25. The zero-order chi connectivity index (χ0) is 11.5. The summed E-state index contributed by atoms with van der Waals surface area (Å²) in [5.74, 6) is 0.181. The topological polar surface area (TPSA) is 32.3 Å². The van der Waals surface area contributed by atoms with Crippen molar-refractivity contribution >= 4 is 23.4 Å². The first-order chi connectivity index (χ1) is 7.76. The lowest BCUT2D eigenvalue weighted by atomic mass is 10.2. The first kappa shape index (κ1) is 11.5. The second kappa shape index (κ2) is 4.89. The summed E-state index contributed by atoms with van der Waals surface area (Å²) in [6, 6.07) is 8.11. The van der Waals surface area contributed by atoms with Gasteiger partial charge in [0.1, 0.15) is 0 Å². The Hall–Kier alpha value is -1.00. The minimum Gasteiger partial charge on any atom is -0.311 e. The van der Waals surface area contributed by atoms with Gasteiger partial charge >= 0.3 is 0 Å². The third kappa shape index (κ3) is 2.08. The number of rotatable bonds is 3. The monoisotopic (exact) mass is 236 g/mol. The van der Waals surface area contributed by atoms with Crippen LogP contribution < -0.4 is 10.2 Å². The lowest BCUT2D eigenvalue weighted by molar-refractivity contribution is -0.118. The minimum absolute atomic E-state index is 0.0158. The van der Waals surface area contributed by atoms with Crippen molar-refractivity contribution in [1.29, 1.82) is 0 Å². The van der Waals surface area contributed by atoms with Gasteiger partial charge in [0.2, 0.25) is 5.91 Å². The average Bonchev–Trinajstić information content (AvgIpc) is 2.70. The fourth-order valence-electron chi connectivity index (χ4n) is 1.98. The van der Waals surface area contributed by atoms with Crippen LogP contribution in [0.5, 0.6) is 0 Å². The summed E-state index contributed by atoms with van der Waals surface area (Å²) in [7, 11) is 1.84. The first-order valence-corrected chi connectivity index (χ1v) is 6.61. The molecule has 0 radical (unpaired) electrons. The van der Waals surface area contributed by atoms with Crippen LogP contribution in [0, 0.1) is 0 Å². The molecular formula is C12H16N2OS. The van der Waals surface area contributed by atoms with E-state index in [1.54, 1.807) is 11.8 Å². The Labute approximate surface area is 100 Å². The first-order valence-electron chi connectivity index (χ1n) is 5.39. The summed E-state index contributed by atoms with van der Waals surface area (Å²) in [6.07, 6.45) is 2.93. The summed E-state index contributed by atoms with van der Waals surface area (Å²) in [5, 5.41) is 3.05. The molecule has 1 aromatic carbocycles. The Balaban J connectivity index is 2.21. The molecule has 4 heteroatoms. The van der Waals surface area contributed by atoms with Gasteiger partial charge in [0.15, 0.2) is 0 Å². The molecule has 0 spiro atoms. The number of nitrogens with one attached hydrogen (secondary N) is 1. The molecule has 1 unspecified atom stereocenters. The van der Waals surface area contributed by atoms with Crippen LogP contribution in [-0.4, -0.2) is 31.8 Å². The molecule has 16 heavy (non-hydrogen) atoms.